The summed E-state index contributed by atoms with van der Waals surface area (Å²) in [6.45, 7) is 5.73. The van der Waals surface area contributed by atoms with Crippen LogP contribution in [0.15, 0.2) is 47.7 Å². The molecular weight excluding hydrogens is 370 g/mol. The van der Waals surface area contributed by atoms with Crippen molar-refractivity contribution in [3.05, 3.63) is 58.9 Å². The van der Waals surface area contributed by atoms with Crippen LogP contribution in [0.25, 0.3) is 0 Å². The number of aromatic nitrogens is 1. The van der Waals surface area contributed by atoms with E-state index in [1.165, 1.54) is 7.11 Å². The van der Waals surface area contributed by atoms with Gasteiger partial charge in [0.2, 0.25) is 0 Å². The van der Waals surface area contributed by atoms with Crippen LogP contribution in [0.5, 0.6) is 5.75 Å². The zero-order valence-corrected chi connectivity index (χ0v) is 16.5. The summed E-state index contributed by atoms with van der Waals surface area (Å²) in [7, 11) is 1.52. The van der Waals surface area contributed by atoms with Crippen molar-refractivity contribution in [2.24, 2.45) is 4.99 Å². The average Bonchev–Trinajstić information content (AvgIpc) is 2.89. The maximum Gasteiger partial charge on any atom is 0.283 e. The molecule has 1 aromatic carbocycles. The first-order chi connectivity index (χ1) is 12.4. The number of carbonyl (C=O) groups excluding carboxylic acids is 1. The van der Waals surface area contributed by atoms with Crippen molar-refractivity contribution in [1.82, 2.24) is 9.88 Å². The van der Waals surface area contributed by atoms with E-state index in [-0.39, 0.29) is 10.7 Å². The summed E-state index contributed by atoms with van der Waals surface area (Å²) >= 11 is 7.63. The molecule has 3 rings (SSSR count). The van der Waals surface area contributed by atoms with Crippen LogP contribution in [-0.2, 0) is 6.54 Å². The topological polar surface area (TPSA) is 54.8 Å². The summed E-state index contributed by atoms with van der Waals surface area (Å²) < 4.78 is 5.24. The lowest BCUT2D eigenvalue weighted by atomic mass is 10.2. The van der Waals surface area contributed by atoms with Crippen LogP contribution < -0.4 is 4.74 Å². The monoisotopic (exact) mass is 389 g/mol. The molecule has 1 aliphatic heterocycles. The number of nitrogens with zero attached hydrogens (tertiary/aromatic N) is 3. The molecule has 0 spiro atoms. The number of halogens is 1. The number of methoxy groups -OCH3 is 1. The van der Waals surface area contributed by atoms with Gasteiger partial charge in [-0.05, 0) is 43.7 Å². The van der Waals surface area contributed by atoms with E-state index in [0.717, 1.165) is 12.1 Å². The summed E-state index contributed by atoms with van der Waals surface area (Å²) in [5, 5.41) is 1.17. The number of hydrogen-bond donors (Lipinski definition) is 0. The molecule has 136 valence electrons. The Morgan fingerprint density at radius 2 is 2.23 bits per heavy atom. The summed E-state index contributed by atoms with van der Waals surface area (Å²) in [6.07, 6.45) is 3.57. The molecule has 1 amide bonds. The molecule has 0 radical (unpaired) electrons. The van der Waals surface area contributed by atoms with Gasteiger partial charge in [-0.1, -0.05) is 29.4 Å². The van der Waals surface area contributed by atoms with Crippen LogP contribution in [-0.4, -0.2) is 39.4 Å². The van der Waals surface area contributed by atoms with Crippen molar-refractivity contribution in [2.75, 3.05) is 13.7 Å². The molecule has 1 aromatic heterocycles. The number of hydrogen-bond acceptors (Lipinski definition) is 4. The Kier molecular flexibility index (Phi) is 5.53. The molecule has 1 fully saturated rings. The maximum absolute atomic E-state index is 12.8. The van der Waals surface area contributed by atoms with Crippen LogP contribution >= 0.6 is 23.4 Å². The Bertz CT molecular complexity index is 840. The predicted octanol–water partition coefficient (Wildman–Crippen LogP) is 4.27. The van der Waals surface area contributed by atoms with Crippen LogP contribution in [0.1, 0.15) is 29.8 Å². The van der Waals surface area contributed by atoms with Gasteiger partial charge >= 0.3 is 0 Å². The summed E-state index contributed by atoms with van der Waals surface area (Å²) in [5.41, 5.74) is 1.44. The number of thioether (sulfide) groups is 1. The van der Waals surface area contributed by atoms with E-state index in [0.29, 0.717) is 28.0 Å². The molecule has 2 heterocycles. The Morgan fingerprint density at radius 3 is 2.92 bits per heavy atom. The van der Waals surface area contributed by atoms with E-state index < -0.39 is 0 Å². The Hall–Kier alpha value is -2.05. The highest BCUT2D eigenvalue weighted by Gasteiger charge is 2.35. The number of pyridine rings is 1. The summed E-state index contributed by atoms with van der Waals surface area (Å²) in [4.78, 5) is 23.4. The molecule has 1 saturated heterocycles. The largest absolute Gasteiger partial charge is 0.496 e. The minimum absolute atomic E-state index is 0.0280. The first kappa shape index (κ1) is 18.7. The van der Waals surface area contributed by atoms with Gasteiger partial charge in [-0.3, -0.25) is 9.78 Å². The minimum atomic E-state index is -0.360. The first-order valence-electron chi connectivity index (χ1n) is 8.17. The van der Waals surface area contributed by atoms with Gasteiger partial charge < -0.3 is 9.64 Å². The summed E-state index contributed by atoms with van der Waals surface area (Å²) in [6, 6.07) is 8.87. The second-order valence-electron chi connectivity index (χ2n) is 6.62. The lowest BCUT2D eigenvalue weighted by molar-refractivity contribution is 0.0998. The van der Waals surface area contributed by atoms with Crippen molar-refractivity contribution in [2.45, 2.75) is 25.1 Å². The van der Waals surface area contributed by atoms with E-state index in [1.807, 2.05) is 18.3 Å². The molecule has 5 nitrogen and oxygen atoms in total. The van der Waals surface area contributed by atoms with Gasteiger partial charge in [0, 0.05) is 35.3 Å². The van der Waals surface area contributed by atoms with Crippen molar-refractivity contribution in [1.29, 1.82) is 0 Å². The number of amides is 1. The fourth-order valence-corrected chi connectivity index (χ4v) is 4.07. The maximum atomic E-state index is 12.8. The van der Waals surface area contributed by atoms with Gasteiger partial charge in [-0.25, -0.2) is 0 Å². The molecule has 26 heavy (non-hydrogen) atoms. The van der Waals surface area contributed by atoms with E-state index in [9.17, 15) is 4.79 Å². The molecule has 0 N–H and O–H groups in total. The highest BCUT2D eigenvalue weighted by molar-refractivity contribution is 8.15. The van der Waals surface area contributed by atoms with Crippen LogP contribution in [0.4, 0.5) is 0 Å². The fraction of sp³-hybridized carbons (Fsp3) is 0.316. The van der Waals surface area contributed by atoms with Gasteiger partial charge in [-0.15, -0.1) is 0 Å². The SMILES string of the molecule is COc1ccc(Cl)cc1C(=O)/N=C1\SC(C)(C)CN1Cc1cccnc1. The van der Waals surface area contributed by atoms with Crippen molar-refractivity contribution < 1.29 is 9.53 Å². The second kappa shape index (κ2) is 7.68. The van der Waals surface area contributed by atoms with Gasteiger partial charge in [0.25, 0.3) is 5.91 Å². The standard InChI is InChI=1S/C19H20ClN3O2S/c1-19(2)12-23(11-13-5-4-8-21-10-13)18(26-19)22-17(24)15-9-14(20)6-7-16(15)25-3/h4-10H,11-12H2,1-3H3/b22-18-. The predicted molar refractivity (Wildman–Crippen MR) is 106 cm³/mol. The van der Waals surface area contributed by atoms with Crippen molar-refractivity contribution in [3.63, 3.8) is 0 Å². The Morgan fingerprint density at radius 1 is 1.42 bits per heavy atom. The van der Waals surface area contributed by atoms with Gasteiger partial charge in [-0.2, -0.15) is 4.99 Å². The van der Waals surface area contributed by atoms with Crippen molar-refractivity contribution >= 4 is 34.4 Å². The van der Waals surface area contributed by atoms with Crippen LogP contribution in [0.3, 0.4) is 0 Å². The molecular formula is C19H20ClN3O2S. The molecule has 1 aliphatic rings. The number of carbonyl (C=O) groups is 1. The van der Waals surface area contributed by atoms with Crippen LogP contribution in [0.2, 0.25) is 5.02 Å². The highest BCUT2D eigenvalue weighted by atomic mass is 35.5. The smallest absolute Gasteiger partial charge is 0.283 e. The van der Waals surface area contributed by atoms with Crippen molar-refractivity contribution in [3.8, 4) is 5.75 Å². The molecule has 0 unspecified atom stereocenters. The highest BCUT2D eigenvalue weighted by Crippen LogP contribution is 2.37. The van der Waals surface area contributed by atoms with E-state index in [2.05, 4.69) is 28.7 Å². The zero-order chi connectivity index (χ0) is 18.7. The number of amidine groups is 1. The molecule has 2 aromatic rings. The molecule has 0 atom stereocenters. The van der Waals surface area contributed by atoms with E-state index in [1.54, 1.807) is 36.2 Å². The average molecular weight is 390 g/mol. The molecule has 0 bridgehead atoms. The Balaban J connectivity index is 1.89. The van der Waals surface area contributed by atoms with Gasteiger partial charge in [0.1, 0.15) is 5.75 Å². The second-order valence-corrected chi connectivity index (χ2v) is 8.73. The lowest BCUT2D eigenvalue weighted by Gasteiger charge is -2.19. The molecule has 0 aliphatic carbocycles. The zero-order valence-electron chi connectivity index (χ0n) is 14.9. The first-order valence-corrected chi connectivity index (χ1v) is 9.37. The van der Waals surface area contributed by atoms with E-state index in [4.69, 9.17) is 16.3 Å². The van der Waals surface area contributed by atoms with E-state index >= 15 is 0 Å². The van der Waals surface area contributed by atoms with Crippen LogP contribution in [0, 0.1) is 0 Å². The number of rotatable bonds is 4. The molecule has 7 heteroatoms. The fourth-order valence-electron chi connectivity index (χ4n) is 2.79. The quantitative estimate of drug-likeness (QED) is 0.781. The third-order valence-electron chi connectivity index (χ3n) is 3.90. The van der Waals surface area contributed by atoms with Gasteiger partial charge in [0.05, 0.1) is 12.7 Å². The molecule has 0 saturated carbocycles. The number of benzene rings is 1. The Labute approximate surface area is 162 Å². The lowest BCUT2D eigenvalue weighted by Crippen LogP contribution is -2.28. The third-order valence-corrected chi connectivity index (χ3v) is 5.34. The summed E-state index contributed by atoms with van der Waals surface area (Å²) in [5.74, 6) is 0.102. The normalized spacial score (nSPS) is 17.5. The van der Waals surface area contributed by atoms with Gasteiger partial charge in [0.15, 0.2) is 5.17 Å². The minimum Gasteiger partial charge on any atom is -0.496 e. The third kappa shape index (κ3) is 4.37. The number of aliphatic imine (C=N–C) groups is 1. The number of ether oxygens (including phenoxy) is 1.